The minimum absolute atomic E-state index is 0.0405. The molecule has 0 aliphatic carbocycles. The molecule has 10 nitrogen and oxygen atoms in total. The fraction of sp³-hybridized carbons (Fsp3) is 0.128. The second kappa shape index (κ2) is 42.1. The number of aliphatic hydroxyl groups is 1. The fourth-order valence-electron chi connectivity index (χ4n) is 14.9. The number of aliphatic hydroxyl groups excluding tert-OH is 1. The van der Waals surface area contributed by atoms with Gasteiger partial charge in [-0.2, -0.15) is 0 Å². The average Bonchev–Trinajstić information content (AvgIpc) is 0.850. The molecule has 0 spiro atoms. The minimum Gasteiger partial charge on any atom is -0.422 e. The topological polar surface area (TPSA) is 142 Å². The van der Waals surface area contributed by atoms with Gasteiger partial charge in [-0.25, -0.2) is 19.2 Å². The third-order valence-electron chi connectivity index (χ3n) is 20.9. The molecule has 15 heteroatoms. The molecule has 1 fully saturated rings. The van der Waals surface area contributed by atoms with Gasteiger partial charge in [0.15, 0.2) is 64.5 Å². The van der Waals surface area contributed by atoms with Gasteiger partial charge in [0.2, 0.25) is 5.78 Å². The normalized spacial score (nSPS) is 11.8. The van der Waals surface area contributed by atoms with Crippen LogP contribution in [0, 0.1) is 55.4 Å². The van der Waals surface area contributed by atoms with E-state index in [1.165, 1.54) is 69.6 Å². The fourth-order valence-corrected chi connectivity index (χ4v) is 26.2. The van der Waals surface area contributed by atoms with Crippen LogP contribution < -0.4 is 18.9 Å². The molecule has 0 aromatic heterocycles. The third-order valence-corrected chi connectivity index (χ3v) is 32.1. The van der Waals surface area contributed by atoms with Crippen molar-refractivity contribution in [1.29, 1.82) is 0 Å². The van der Waals surface area contributed by atoms with Crippen molar-refractivity contribution >= 4 is 84.1 Å². The maximum absolute atomic E-state index is 13.6. The third kappa shape index (κ3) is 21.9. The Morgan fingerprint density at radius 1 is 0.250 bits per heavy atom. The van der Waals surface area contributed by atoms with Gasteiger partial charge in [-0.05, 0) is 269 Å². The van der Waals surface area contributed by atoms with Gasteiger partial charge in [0.1, 0.15) is 34.5 Å². The summed E-state index contributed by atoms with van der Waals surface area (Å²) in [7, 11) is -0.975. The monoisotopic (exact) mass is 1730 g/mol. The number of rotatable bonds is 24. The standard InChI is InChI=1S/2C48H40O4S2.C13H17O2S/c1-33-28-43(53(39-20-9-5-10-21-39)40-22-11-6-12-23-40)29-34(2)45(33)51-47(49)37-18-17-19-38(32-37)48(50)52-46-35(3)30-44(31-36(46)4)54(41-24-13-7-14-25-41)42-26-15-8-16-27-42;1-33-29-43(53(39-17-9-5-10-18-39)40-19-11-6-12-20-40)30-34(2)45(33)51-47(49)37-25-27-38(28-26-37)48(50)52-46-35(3)31-44(32-36(46)4)54(41-21-13-7-14-22-41)42-23-15-8-16-24-42;14-9-11-3-5-12(6-4-11)13(15)10-16-7-1-2-8-16/h2*5-32H,1-4H3;3-6,14H,1-2,7-10H2/q2*+2;+1. The molecule has 0 atom stereocenters. The van der Waals surface area contributed by atoms with Crippen molar-refractivity contribution in [3.05, 3.63) is 442 Å². The van der Waals surface area contributed by atoms with Crippen molar-refractivity contribution in [3.8, 4) is 23.0 Å². The molecule has 0 radical (unpaired) electrons. The van der Waals surface area contributed by atoms with Crippen LogP contribution in [0.5, 0.6) is 23.0 Å². The highest BCUT2D eigenvalue weighted by Crippen LogP contribution is 2.42. The molecule has 1 saturated heterocycles. The summed E-state index contributed by atoms with van der Waals surface area (Å²) in [6, 6.07) is 121. The number of carbonyl (C=O) groups is 5. The molecule has 0 bridgehead atoms. The van der Waals surface area contributed by atoms with Crippen molar-refractivity contribution in [2.45, 2.75) is 134 Å². The van der Waals surface area contributed by atoms with Crippen LogP contribution in [0.4, 0.5) is 0 Å². The van der Waals surface area contributed by atoms with Gasteiger partial charge in [0.25, 0.3) is 0 Å². The maximum atomic E-state index is 13.6. The summed E-state index contributed by atoms with van der Waals surface area (Å²) >= 11 is 0. The smallest absolute Gasteiger partial charge is 0.343 e. The lowest BCUT2D eigenvalue weighted by Crippen LogP contribution is -2.17. The predicted octanol–water partition coefficient (Wildman–Crippen LogP) is 24.9. The van der Waals surface area contributed by atoms with Gasteiger partial charge < -0.3 is 24.1 Å². The van der Waals surface area contributed by atoms with Crippen LogP contribution in [0.15, 0.2) is 423 Å². The van der Waals surface area contributed by atoms with Crippen LogP contribution in [0.3, 0.4) is 0 Å². The zero-order valence-corrected chi connectivity index (χ0v) is 74.6. The zero-order valence-electron chi connectivity index (χ0n) is 70.5. The number of esters is 4. The molecular weight excluding hydrogens is 1630 g/mol. The van der Waals surface area contributed by atoms with E-state index in [9.17, 15) is 24.0 Å². The average molecular weight is 1730 g/mol. The highest BCUT2D eigenvalue weighted by Gasteiger charge is 2.36. The molecule has 618 valence electrons. The number of benzene rings is 15. The Balaban J connectivity index is 0.000000171. The lowest BCUT2D eigenvalue weighted by atomic mass is 10.1. The van der Waals surface area contributed by atoms with Crippen LogP contribution in [0.2, 0.25) is 0 Å². The van der Waals surface area contributed by atoms with E-state index in [-0.39, 0.29) is 67.1 Å². The van der Waals surface area contributed by atoms with Gasteiger partial charge >= 0.3 is 23.9 Å². The van der Waals surface area contributed by atoms with Gasteiger partial charge in [-0.3, -0.25) is 4.79 Å². The van der Waals surface area contributed by atoms with Crippen molar-refractivity contribution in [2.24, 2.45) is 0 Å². The number of Topliss-reactive ketones (excluding diaryl/α,β-unsaturated/α-hetero) is 1. The molecular formula is C109H97O10S5+5. The Hall–Kier alpha value is -12.4. The zero-order chi connectivity index (χ0) is 86.6. The van der Waals surface area contributed by atoms with E-state index in [4.69, 9.17) is 24.1 Å². The molecule has 1 N–H and O–H groups in total. The number of hydrogen-bond donors (Lipinski definition) is 1. The van der Waals surface area contributed by atoms with Gasteiger partial charge in [0.05, 0.1) is 72.4 Å². The van der Waals surface area contributed by atoms with Crippen molar-refractivity contribution in [3.63, 3.8) is 0 Å². The van der Waals surface area contributed by atoms with Crippen LogP contribution in [-0.4, -0.2) is 52.0 Å². The summed E-state index contributed by atoms with van der Waals surface area (Å²) in [6.07, 6.45) is 2.58. The van der Waals surface area contributed by atoms with Crippen molar-refractivity contribution in [1.82, 2.24) is 0 Å². The van der Waals surface area contributed by atoms with Crippen LogP contribution >= 0.6 is 0 Å². The lowest BCUT2D eigenvalue weighted by Gasteiger charge is -2.15. The lowest BCUT2D eigenvalue weighted by molar-refractivity contribution is 0.0718. The van der Waals surface area contributed by atoms with E-state index >= 15 is 0 Å². The molecule has 15 aromatic carbocycles. The molecule has 1 heterocycles. The maximum Gasteiger partial charge on any atom is 0.343 e. The van der Waals surface area contributed by atoms with E-state index in [1.54, 1.807) is 42.5 Å². The van der Waals surface area contributed by atoms with Crippen LogP contribution in [0.1, 0.15) is 115 Å². The summed E-state index contributed by atoms with van der Waals surface area (Å²) < 4.78 is 24.0. The van der Waals surface area contributed by atoms with Gasteiger partial charge in [-0.15, -0.1) is 0 Å². The largest absolute Gasteiger partial charge is 0.422 e. The summed E-state index contributed by atoms with van der Waals surface area (Å²) in [5.41, 5.74) is 9.78. The number of ether oxygens (including phenoxy) is 4. The predicted molar refractivity (Wildman–Crippen MR) is 504 cm³/mol. The first-order chi connectivity index (χ1) is 60.3. The number of carbonyl (C=O) groups excluding carboxylic acids is 5. The Bertz CT molecular complexity index is 5610. The Morgan fingerprint density at radius 3 is 0.677 bits per heavy atom. The molecule has 124 heavy (non-hydrogen) atoms. The summed E-state index contributed by atoms with van der Waals surface area (Å²) in [5.74, 6) is 3.48. The first kappa shape index (κ1) is 87.9. The van der Waals surface area contributed by atoms with Crippen LogP contribution in [-0.2, 0) is 61.1 Å². The second-order valence-electron chi connectivity index (χ2n) is 30.1. The Labute approximate surface area is 742 Å². The molecule has 0 unspecified atom stereocenters. The first-order valence-corrected chi connectivity index (χ1v) is 47.7. The van der Waals surface area contributed by atoms with Crippen molar-refractivity contribution < 1.29 is 48.0 Å². The summed E-state index contributed by atoms with van der Waals surface area (Å²) in [4.78, 5) is 80.2. The van der Waals surface area contributed by atoms with E-state index < -0.39 is 23.9 Å². The Morgan fingerprint density at radius 2 is 0.460 bits per heavy atom. The van der Waals surface area contributed by atoms with E-state index in [0.717, 1.165) is 81.0 Å². The van der Waals surface area contributed by atoms with Crippen LogP contribution in [0.25, 0.3) is 0 Å². The highest BCUT2D eigenvalue weighted by molar-refractivity contribution is 7.98. The molecule has 1 aliphatic heterocycles. The van der Waals surface area contributed by atoms with Gasteiger partial charge in [0, 0.05) is 54.1 Å². The summed E-state index contributed by atoms with van der Waals surface area (Å²) in [5, 5.41) is 8.91. The molecule has 15 aromatic rings. The molecule has 0 saturated carbocycles. The number of aryl methyl sites for hydroxylation is 8. The quantitative estimate of drug-likeness (QED) is 0.0269. The van der Waals surface area contributed by atoms with Gasteiger partial charge in [-0.1, -0.05) is 176 Å². The van der Waals surface area contributed by atoms with Crippen molar-refractivity contribution in [2.75, 3.05) is 17.3 Å². The molecule has 16 rings (SSSR count). The Kier molecular flexibility index (Phi) is 29.8. The molecule has 0 amide bonds. The highest BCUT2D eigenvalue weighted by atomic mass is 32.2. The van der Waals surface area contributed by atoms with E-state index in [0.29, 0.717) is 45.0 Å². The minimum atomic E-state index is -0.542. The number of hydrogen-bond acceptors (Lipinski definition) is 10. The van der Waals surface area contributed by atoms with E-state index in [1.807, 2.05) is 128 Å². The first-order valence-electron chi connectivity index (χ1n) is 41.1. The second-order valence-corrected chi connectivity index (χ2v) is 40.6. The SMILES string of the molecule is Cc1cc([S+](c2ccccc2)c2ccccc2)cc(C)c1OC(=O)c1ccc(C(=O)Oc2c(C)cc([S+](c3ccccc3)c3ccccc3)cc2C)cc1.Cc1cc([S+](c2ccccc2)c2ccccc2)cc(C)c1OC(=O)c1cccc(C(=O)Oc2c(C)cc([S+](c3ccccc3)c3ccccc3)cc2C)c1.O=C(C[S+]1CCCC1)c1ccc(CO)cc1. The van der Waals surface area contributed by atoms with E-state index in [2.05, 4.69) is 243 Å². The number of ketones is 1. The summed E-state index contributed by atoms with van der Waals surface area (Å²) in [6.45, 7) is 15.8. The molecule has 1 aliphatic rings.